The van der Waals surface area contributed by atoms with Gasteiger partial charge in [0.2, 0.25) is 0 Å². The van der Waals surface area contributed by atoms with E-state index in [-0.39, 0.29) is 0 Å². The monoisotopic (exact) mass is 288 g/mol. The van der Waals surface area contributed by atoms with Crippen LogP contribution in [0.3, 0.4) is 0 Å². The Kier molecular flexibility index (Phi) is 4.20. The van der Waals surface area contributed by atoms with Crippen LogP contribution >= 0.6 is 23.2 Å². The molecule has 1 aliphatic heterocycles. The Morgan fingerprint density at radius 1 is 1.17 bits per heavy atom. The van der Waals surface area contributed by atoms with Crippen molar-refractivity contribution in [2.75, 3.05) is 36.8 Å². The van der Waals surface area contributed by atoms with E-state index in [9.17, 15) is 0 Å². The molecule has 2 rings (SSSR count). The van der Waals surface area contributed by atoms with E-state index < -0.39 is 0 Å². The van der Waals surface area contributed by atoms with Crippen LogP contribution in [0, 0.1) is 0 Å². The van der Waals surface area contributed by atoms with E-state index in [1.54, 1.807) is 6.07 Å². The molecule has 1 fully saturated rings. The molecule has 2 heterocycles. The smallest absolute Gasteiger partial charge is 0.150 e. The van der Waals surface area contributed by atoms with Gasteiger partial charge in [0.15, 0.2) is 0 Å². The molecule has 0 aromatic carbocycles. The molecule has 1 aliphatic rings. The van der Waals surface area contributed by atoms with E-state index in [2.05, 4.69) is 28.6 Å². The summed E-state index contributed by atoms with van der Waals surface area (Å²) in [6.45, 7) is 8.26. The van der Waals surface area contributed by atoms with Crippen molar-refractivity contribution in [3.63, 3.8) is 0 Å². The van der Waals surface area contributed by atoms with Crippen LogP contribution in [0.4, 0.5) is 11.6 Å². The van der Waals surface area contributed by atoms with Gasteiger partial charge in [0, 0.05) is 32.2 Å². The third kappa shape index (κ3) is 2.82. The van der Waals surface area contributed by atoms with E-state index >= 15 is 0 Å². The molecule has 0 bridgehead atoms. The van der Waals surface area contributed by atoms with Crippen molar-refractivity contribution in [2.24, 2.45) is 0 Å². The van der Waals surface area contributed by atoms with E-state index in [0.717, 1.165) is 32.0 Å². The van der Waals surface area contributed by atoms with Crippen LogP contribution in [0.25, 0.3) is 0 Å². The highest BCUT2D eigenvalue weighted by Gasteiger charge is 2.22. The van der Waals surface area contributed by atoms with Crippen molar-refractivity contribution in [2.45, 2.75) is 19.9 Å². The van der Waals surface area contributed by atoms with Gasteiger partial charge in [-0.15, -0.1) is 0 Å². The summed E-state index contributed by atoms with van der Waals surface area (Å²) in [4.78, 5) is 8.88. The third-order valence-electron chi connectivity index (χ3n) is 3.28. The minimum absolute atomic E-state index is 0.336. The van der Waals surface area contributed by atoms with Gasteiger partial charge in [-0.05, 0) is 19.9 Å². The fourth-order valence-electron chi connectivity index (χ4n) is 2.14. The van der Waals surface area contributed by atoms with Gasteiger partial charge in [-0.1, -0.05) is 23.2 Å². The lowest BCUT2D eigenvalue weighted by Crippen LogP contribution is -2.49. The molecule has 2 N–H and O–H groups in total. The number of pyridine rings is 1. The van der Waals surface area contributed by atoms with E-state index in [0.29, 0.717) is 21.9 Å². The molecule has 100 valence electrons. The molecule has 0 aliphatic carbocycles. The second kappa shape index (κ2) is 5.51. The summed E-state index contributed by atoms with van der Waals surface area (Å²) in [7, 11) is 0. The summed E-state index contributed by atoms with van der Waals surface area (Å²) in [5, 5.41) is 0.969. The predicted octanol–water partition coefficient (Wildman–Crippen LogP) is 2.50. The molecule has 0 unspecified atom stereocenters. The maximum atomic E-state index is 6.18. The summed E-state index contributed by atoms with van der Waals surface area (Å²) in [6, 6.07) is 2.24. The maximum Gasteiger partial charge on any atom is 0.150 e. The standard InChI is InChI=1S/C12H18Cl2N4/c1-8(2)17-3-5-18(6-4-17)12-10(14)7-9(13)11(15)16-12/h7-8H,3-6H2,1-2H3,(H2,15,16). The molecular weight excluding hydrogens is 271 g/mol. The Bertz CT molecular complexity index is 428. The molecular formula is C12H18Cl2N4. The molecule has 1 aromatic heterocycles. The fraction of sp³-hybridized carbons (Fsp3) is 0.583. The number of hydrogen-bond acceptors (Lipinski definition) is 4. The van der Waals surface area contributed by atoms with Crippen molar-refractivity contribution in [1.82, 2.24) is 9.88 Å². The van der Waals surface area contributed by atoms with Gasteiger partial charge in [-0.25, -0.2) is 4.98 Å². The van der Waals surface area contributed by atoms with Gasteiger partial charge < -0.3 is 10.6 Å². The van der Waals surface area contributed by atoms with Crippen LogP contribution in [0.15, 0.2) is 6.07 Å². The van der Waals surface area contributed by atoms with Crippen molar-refractivity contribution in [3.8, 4) is 0 Å². The minimum Gasteiger partial charge on any atom is -0.382 e. The van der Waals surface area contributed by atoms with Gasteiger partial charge in [0.1, 0.15) is 11.6 Å². The van der Waals surface area contributed by atoms with E-state index in [4.69, 9.17) is 28.9 Å². The van der Waals surface area contributed by atoms with Gasteiger partial charge in [-0.2, -0.15) is 0 Å². The molecule has 4 nitrogen and oxygen atoms in total. The van der Waals surface area contributed by atoms with E-state index in [1.165, 1.54) is 0 Å². The molecule has 0 spiro atoms. The number of nitrogen functional groups attached to an aromatic ring is 1. The molecule has 1 saturated heterocycles. The topological polar surface area (TPSA) is 45.4 Å². The summed E-state index contributed by atoms with van der Waals surface area (Å²) in [5.74, 6) is 1.07. The third-order valence-corrected chi connectivity index (χ3v) is 3.86. The first-order valence-electron chi connectivity index (χ1n) is 6.09. The van der Waals surface area contributed by atoms with Crippen LogP contribution in [-0.2, 0) is 0 Å². The highest BCUT2D eigenvalue weighted by molar-refractivity contribution is 6.37. The first kappa shape index (κ1) is 13.7. The molecule has 0 saturated carbocycles. The van der Waals surface area contributed by atoms with Crippen LogP contribution in [0.5, 0.6) is 0 Å². The predicted molar refractivity (Wildman–Crippen MR) is 77.6 cm³/mol. The maximum absolute atomic E-state index is 6.18. The zero-order valence-electron chi connectivity index (χ0n) is 10.7. The van der Waals surface area contributed by atoms with Crippen LogP contribution < -0.4 is 10.6 Å². The molecule has 0 atom stereocenters. The number of hydrogen-bond donors (Lipinski definition) is 1. The quantitative estimate of drug-likeness (QED) is 0.908. The van der Waals surface area contributed by atoms with Crippen molar-refractivity contribution >= 4 is 34.8 Å². The first-order valence-corrected chi connectivity index (χ1v) is 6.85. The van der Waals surface area contributed by atoms with E-state index in [1.807, 2.05) is 0 Å². The largest absolute Gasteiger partial charge is 0.382 e. The highest BCUT2D eigenvalue weighted by atomic mass is 35.5. The van der Waals surface area contributed by atoms with Crippen LogP contribution in [0.1, 0.15) is 13.8 Å². The van der Waals surface area contributed by atoms with Crippen LogP contribution in [0.2, 0.25) is 10.0 Å². The van der Waals surface area contributed by atoms with Crippen molar-refractivity contribution < 1.29 is 0 Å². The Balaban J connectivity index is 2.12. The number of nitrogens with zero attached hydrogens (tertiary/aromatic N) is 3. The highest BCUT2D eigenvalue weighted by Crippen LogP contribution is 2.30. The van der Waals surface area contributed by atoms with Crippen molar-refractivity contribution in [1.29, 1.82) is 0 Å². The first-order chi connectivity index (χ1) is 8.49. The molecule has 0 radical (unpaired) electrons. The number of anilines is 2. The van der Waals surface area contributed by atoms with Gasteiger partial charge in [-0.3, -0.25) is 4.90 Å². The summed E-state index contributed by atoms with van der Waals surface area (Å²) < 4.78 is 0. The molecule has 6 heteroatoms. The normalized spacial score (nSPS) is 17.5. The average molecular weight is 289 g/mol. The lowest BCUT2D eigenvalue weighted by molar-refractivity contribution is 0.209. The number of piperazine rings is 1. The lowest BCUT2D eigenvalue weighted by Gasteiger charge is -2.37. The average Bonchev–Trinajstić information content (AvgIpc) is 2.34. The molecule has 18 heavy (non-hydrogen) atoms. The summed E-state index contributed by atoms with van der Waals surface area (Å²) in [6.07, 6.45) is 0. The van der Waals surface area contributed by atoms with Gasteiger partial charge in [0.05, 0.1) is 10.0 Å². The van der Waals surface area contributed by atoms with Crippen LogP contribution in [-0.4, -0.2) is 42.1 Å². The number of nitrogens with two attached hydrogens (primary N) is 1. The Morgan fingerprint density at radius 3 is 2.33 bits per heavy atom. The lowest BCUT2D eigenvalue weighted by atomic mass is 10.2. The second-order valence-corrected chi connectivity index (χ2v) is 5.59. The fourth-order valence-corrected chi connectivity index (χ4v) is 2.62. The SMILES string of the molecule is CC(C)N1CCN(c2nc(N)c(Cl)cc2Cl)CC1. The second-order valence-electron chi connectivity index (χ2n) is 4.78. The number of rotatable bonds is 2. The minimum atomic E-state index is 0.336. The van der Waals surface area contributed by atoms with Gasteiger partial charge in [0.25, 0.3) is 0 Å². The zero-order chi connectivity index (χ0) is 13.3. The zero-order valence-corrected chi connectivity index (χ0v) is 12.2. The Hall–Kier alpha value is -0.710. The summed E-state index contributed by atoms with van der Waals surface area (Å²) in [5.41, 5.74) is 5.73. The molecule has 1 aromatic rings. The Labute approximate surface area is 118 Å². The van der Waals surface area contributed by atoms with Crippen molar-refractivity contribution in [3.05, 3.63) is 16.1 Å². The molecule has 0 amide bonds. The Morgan fingerprint density at radius 2 is 1.78 bits per heavy atom. The summed E-state index contributed by atoms with van der Waals surface area (Å²) >= 11 is 12.1. The number of aromatic nitrogens is 1. The number of halogens is 2. The van der Waals surface area contributed by atoms with Gasteiger partial charge >= 0.3 is 0 Å².